The number of nitriles is 1. The van der Waals surface area contributed by atoms with Crippen molar-refractivity contribution in [3.05, 3.63) is 53.2 Å². The fraction of sp³-hybridized carbons (Fsp3) is 0.389. The van der Waals surface area contributed by atoms with Crippen molar-refractivity contribution in [3.63, 3.8) is 0 Å². The van der Waals surface area contributed by atoms with Gasteiger partial charge in [-0.3, -0.25) is 0 Å². The number of benzene rings is 1. The molecule has 0 spiro atoms. The first-order valence-corrected chi connectivity index (χ1v) is 9.39. The molecule has 1 aliphatic carbocycles. The van der Waals surface area contributed by atoms with Gasteiger partial charge in [-0.15, -0.1) is 0 Å². The van der Waals surface area contributed by atoms with E-state index in [-0.39, 0.29) is 15.7 Å². The molecule has 0 bridgehead atoms. The molecule has 1 aliphatic heterocycles. The van der Waals surface area contributed by atoms with Gasteiger partial charge in [0.1, 0.15) is 5.82 Å². The maximum absolute atomic E-state index is 13.4. The van der Waals surface area contributed by atoms with Crippen LogP contribution in [0.15, 0.2) is 52.3 Å². The van der Waals surface area contributed by atoms with E-state index < -0.39 is 21.6 Å². The molecular formula is C18H19FN2O2S. The molecule has 4 nitrogen and oxygen atoms in total. The van der Waals surface area contributed by atoms with Gasteiger partial charge in [-0.25, -0.2) is 12.8 Å². The molecule has 0 amide bonds. The first kappa shape index (κ1) is 16.9. The molecule has 2 aliphatic rings. The molecule has 1 aromatic carbocycles. The van der Waals surface area contributed by atoms with Crippen LogP contribution in [-0.2, 0) is 9.84 Å². The Balaban J connectivity index is 1.90. The zero-order valence-electron chi connectivity index (χ0n) is 13.4. The Morgan fingerprint density at radius 3 is 2.79 bits per heavy atom. The molecule has 3 atom stereocenters. The lowest BCUT2D eigenvalue weighted by Gasteiger charge is -2.26. The molecule has 0 radical (unpaired) electrons. The molecule has 1 saturated heterocycles. The van der Waals surface area contributed by atoms with Gasteiger partial charge in [-0.05, 0) is 56.3 Å². The fourth-order valence-corrected chi connectivity index (χ4v) is 4.86. The normalized spacial score (nSPS) is 27.7. The first-order valence-electron chi connectivity index (χ1n) is 7.90. The number of rotatable bonds is 3. The quantitative estimate of drug-likeness (QED) is 0.844. The summed E-state index contributed by atoms with van der Waals surface area (Å²) in [5.41, 5.74) is 0. The van der Waals surface area contributed by atoms with Crippen molar-refractivity contribution in [3.8, 4) is 6.07 Å². The van der Waals surface area contributed by atoms with E-state index in [4.69, 9.17) is 0 Å². The second-order valence-corrected chi connectivity index (χ2v) is 8.38. The molecule has 1 heterocycles. The SMILES string of the molecule is CN1CC[C@@H](C2C=CC(S(=O)(=O)c3cccc(F)c3)=CC2C#N)C1. The number of likely N-dealkylation sites (tertiary alicyclic amines) is 1. The van der Waals surface area contributed by atoms with Crippen molar-refractivity contribution in [2.24, 2.45) is 17.8 Å². The number of hydrogen-bond acceptors (Lipinski definition) is 4. The smallest absolute Gasteiger partial charge is 0.206 e. The average molecular weight is 346 g/mol. The standard InChI is InChI=1S/C18H19FN2O2S/c1-21-8-7-13(12-21)18-6-5-17(9-14(18)11-20)24(22,23)16-4-2-3-15(19)10-16/h2-6,9-10,13-14,18H,7-8,12H2,1H3/t13-,14?,18?/m1/s1. The van der Waals surface area contributed by atoms with Crippen LogP contribution < -0.4 is 0 Å². The van der Waals surface area contributed by atoms with E-state index in [1.54, 1.807) is 6.08 Å². The molecule has 0 aromatic heterocycles. The van der Waals surface area contributed by atoms with Crippen molar-refractivity contribution < 1.29 is 12.8 Å². The van der Waals surface area contributed by atoms with Crippen LogP contribution in [0.25, 0.3) is 0 Å². The van der Waals surface area contributed by atoms with Gasteiger partial charge < -0.3 is 4.90 Å². The molecule has 126 valence electrons. The highest BCUT2D eigenvalue weighted by atomic mass is 32.2. The lowest BCUT2D eigenvalue weighted by Crippen LogP contribution is -2.25. The van der Waals surface area contributed by atoms with Crippen LogP contribution in [0.4, 0.5) is 4.39 Å². The Labute approximate surface area is 141 Å². The van der Waals surface area contributed by atoms with Crippen LogP contribution >= 0.6 is 0 Å². The number of sulfone groups is 1. The van der Waals surface area contributed by atoms with Crippen LogP contribution in [0.1, 0.15) is 6.42 Å². The summed E-state index contributed by atoms with van der Waals surface area (Å²) in [5, 5.41) is 9.49. The fourth-order valence-electron chi connectivity index (χ4n) is 3.48. The minimum Gasteiger partial charge on any atom is -0.306 e. The highest BCUT2D eigenvalue weighted by Crippen LogP contribution is 2.36. The summed E-state index contributed by atoms with van der Waals surface area (Å²) in [6.45, 7) is 1.90. The van der Waals surface area contributed by atoms with E-state index in [0.29, 0.717) is 5.92 Å². The molecule has 0 N–H and O–H groups in total. The van der Waals surface area contributed by atoms with Crippen LogP contribution in [-0.4, -0.2) is 33.5 Å². The van der Waals surface area contributed by atoms with Crippen LogP contribution in [0, 0.1) is 34.9 Å². The van der Waals surface area contributed by atoms with E-state index in [1.807, 2.05) is 13.1 Å². The van der Waals surface area contributed by atoms with Crippen molar-refractivity contribution in [2.45, 2.75) is 11.3 Å². The van der Waals surface area contributed by atoms with E-state index in [0.717, 1.165) is 25.6 Å². The van der Waals surface area contributed by atoms with E-state index in [9.17, 15) is 18.1 Å². The number of nitrogens with zero attached hydrogens (tertiary/aromatic N) is 2. The van der Waals surface area contributed by atoms with Crippen molar-refractivity contribution in [1.82, 2.24) is 4.90 Å². The molecule has 1 aromatic rings. The van der Waals surface area contributed by atoms with E-state index >= 15 is 0 Å². The molecule has 24 heavy (non-hydrogen) atoms. The number of halogens is 1. The monoisotopic (exact) mass is 346 g/mol. The van der Waals surface area contributed by atoms with Gasteiger partial charge in [0, 0.05) is 12.5 Å². The van der Waals surface area contributed by atoms with Gasteiger partial charge in [0.25, 0.3) is 0 Å². The predicted octanol–water partition coefficient (Wildman–Crippen LogP) is 2.76. The highest BCUT2D eigenvalue weighted by molar-refractivity contribution is 7.95. The highest BCUT2D eigenvalue weighted by Gasteiger charge is 2.34. The minimum absolute atomic E-state index is 0.0198. The second kappa shape index (κ2) is 6.50. The Morgan fingerprint density at radius 1 is 1.38 bits per heavy atom. The van der Waals surface area contributed by atoms with E-state index in [1.165, 1.54) is 24.3 Å². The van der Waals surface area contributed by atoms with Crippen LogP contribution in [0.3, 0.4) is 0 Å². The Bertz CT molecular complexity index is 839. The van der Waals surface area contributed by atoms with Crippen LogP contribution in [0.5, 0.6) is 0 Å². The predicted molar refractivity (Wildman–Crippen MR) is 89.0 cm³/mol. The average Bonchev–Trinajstić information content (AvgIpc) is 3.00. The van der Waals surface area contributed by atoms with Crippen LogP contribution in [0.2, 0.25) is 0 Å². The third-order valence-electron chi connectivity index (χ3n) is 4.78. The largest absolute Gasteiger partial charge is 0.306 e. The summed E-state index contributed by atoms with van der Waals surface area (Å²) in [7, 11) is -1.77. The Hall–Kier alpha value is -1.97. The van der Waals surface area contributed by atoms with E-state index in [2.05, 4.69) is 11.0 Å². The van der Waals surface area contributed by atoms with Gasteiger partial charge in [-0.1, -0.05) is 12.1 Å². The zero-order chi connectivity index (χ0) is 17.3. The molecule has 3 rings (SSSR count). The summed E-state index contributed by atoms with van der Waals surface area (Å²) < 4.78 is 38.7. The zero-order valence-corrected chi connectivity index (χ0v) is 14.2. The first-order chi connectivity index (χ1) is 11.4. The Kier molecular flexibility index (Phi) is 4.57. The summed E-state index contributed by atoms with van der Waals surface area (Å²) in [4.78, 5) is 2.20. The summed E-state index contributed by atoms with van der Waals surface area (Å²) in [5.74, 6) is -0.706. The maximum Gasteiger partial charge on any atom is 0.206 e. The molecular weight excluding hydrogens is 327 g/mol. The van der Waals surface area contributed by atoms with Crippen molar-refractivity contribution in [2.75, 3.05) is 20.1 Å². The lowest BCUT2D eigenvalue weighted by molar-refractivity contribution is 0.334. The number of hydrogen-bond donors (Lipinski definition) is 0. The third-order valence-corrected chi connectivity index (χ3v) is 6.55. The van der Waals surface area contributed by atoms with Gasteiger partial charge >= 0.3 is 0 Å². The molecule has 1 fully saturated rings. The lowest BCUT2D eigenvalue weighted by atomic mass is 9.79. The summed E-state index contributed by atoms with van der Waals surface area (Å²) >= 11 is 0. The van der Waals surface area contributed by atoms with Gasteiger partial charge in [0.05, 0.1) is 21.8 Å². The van der Waals surface area contributed by atoms with Gasteiger partial charge in [0.2, 0.25) is 9.84 Å². The Morgan fingerprint density at radius 2 is 2.17 bits per heavy atom. The molecule has 2 unspecified atom stereocenters. The summed E-state index contributed by atoms with van der Waals surface area (Å²) in [6.07, 6.45) is 5.92. The topological polar surface area (TPSA) is 61.2 Å². The molecule has 6 heteroatoms. The summed E-state index contributed by atoms with van der Waals surface area (Å²) in [6, 6.07) is 7.17. The van der Waals surface area contributed by atoms with Crippen molar-refractivity contribution in [1.29, 1.82) is 5.26 Å². The van der Waals surface area contributed by atoms with Gasteiger partial charge in [0.15, 0.2) is 0 Å². The van der Waals surface area contributed by atoms with Gasteiger partial charge in [-0.2, -0.15) is 5.26 Å². The second-order valence-electron chi connectivity index (χ2n) is 6.43. The maximum atomic E-state index is 13.4. The molecule has 0 saturated carbocycles. The number of allylic oxidation sites excluding steroid dienone is 3. The minimum atomic E-state index is -3.81. The third kappa shape index (κ3) is 3.14. The van der Waals surface area contributed by atoms with Crippen molar-refractivity contribution >= 4 is 9.84 Å².